The van der Waals surface area contributed by atoms with E-state index in [2.05, 4.69) is 65.7 Å². The van der Waals surface area contributed by atoms with Crippen molar-refractivity contribution in [3.63, 3.8) is 0 Å². The van der Waals surface area contributed by atoms with Crippen molar-refractivity contribution in [2.45, 2.75) is 123 Å². The number of urea groups is 1. The molecule has 344 valence electrons. The molecule has 6 bridgehead atoms. The number of piperidine rings is 1. The van der Waals surface area contributed by atoms with Gasteiger partial charge in [-0.2, -0.15) is 0 Å². The Morgan fingerprint density at radius 1 is 1.12 bits per heavy atom. The van der Waals surface area contributed by atoms with Crippen LogP contribution in [0, 0.1) is 11.3 Å². The molecule has 4 amide bonds. The van der Waals surface area contributed by atoms with Crippen LogP contribution in [0.25, 0.3) is 33.4 Å². The number of nitrogens with zero attached hydrogens (tertiary/aromatic N) is 6. The normalized spacial score (nSPS) is 23.6. The number of fused-ring (bicyclic) bond motifs is 6. The maximum absolute atomic E-state index is 14.6. The maximum atomic E-state index is 14.6. The first-order chi connectivity index (χ1) is 30.6. The number of nitrogens with one attached hydrogen (secondary N) is 3. The summed E-state index contributed by atoms with van der Waals surface area (Å²) in [6.45, 7) is 15.7. The van der Waals surface area contributed by atoms with Crippen LogP contribution in [-0.4, -0.2) is 124 Å². The Kier molecular flexibility index (Phi) is 13.2. The molecule has 0 aliphatic carbocycles. The average Bonchev–Trinajstić information content (AvgIpc) is 3.88. The number of amides is 4. The highest BCUT2D eigenvalue weighted by molar-refractivity contribution is 7.10. The minimum Gasteiger partial charge on any atom is -0.464 e. The number of cyclic esters (lactones) is 1. The summed E-state index contributed by atoms with van der Waals surface area (Å²) in [5, 5.41) is 11.7. The van der Waals surface area contributed by atoms with Crippen LogP contribution in [0.1, 0.15) is 96.0 Å². The van der Waals surface area contributed by atoms with Crippen LogP contribution in [-0.2, 0) is 43.2 Å². The highest BCUT2D eigenvalue weighted by Gasteiger charge is 2.50. The number of ether oxygens (including phenoxy) is 2. The summed E-state index contributed by atoms with van der Waals surface area (Å²) >= 11 is 1.44. The van der Waals surface area contributed by atoms with Crippen molar-refractivity contribution in [2.24, 2.45) is 11.3 Å². The van der Waals surface area contributed by atoms with E-state index in [1.807, 2.05) is 37.1 Å². The van der Waals surface area contributed by atoms with Crippen molar-refractivity contribution in [2.75, 3.05) is 46.9 Å². The summed E-state index contributed by atoms with van der Waals surface area (Å²) < 4.78 is 14.3. The lowest BCUT2D eigenvalue weighted by atomic mass is 9.78. The SMILES string of the molecule is CCn1c(-c2cccnc2[C@H](C)OC)c2c3cc(ccc31)-c1csc(n1)C[C@H](NC(=O)[C@H](C(C)C)N(C)C(=O)N1CC[C@@]13CCCNC3)C(=O)N1CCC[C@H](N1)C(=O)OCC(C)(C)C2. The van der Waals surface area contributed by atoms with Crippen LogP contribution in [0.15, 0.2) is 41.9 Å². The zero-order chi connectivity index (χ0) is 45.5. The number of thiazole rings is 1. The lowest BCUT2D eigenvalue weighted by molar-refractivity contribution is -0.155. The topological polar surface area (TPSA) is 163 Å². The van der Waals surface area contributed by atoms with Crippen LogP contribution < -0.4 is 16.1 Å². The summed E-state index contributed by atoms with van der Waals surface area (Å²) in [5.74, 6) is -1.48. The van der Waals surface area contributed by atoms with Gasteiger partial charge >= 0.3 is 12.0 Å². The lowest BCUT2D eigenvalue weighted by Gasteiger charge is -2.56. The molecule has 7 heterocycles. The van der Waals surface area contributed by atoms with E-state index in [1.54, 1.807) is 25.3 Å². The molecule has 16 heteroatoms. The fraction of sp³-hybridized carbons (Fsp3) is 0.583. The standard InChI is InChI=1S/C48H65N9O6S/c1-9-55-38-16-15-31-23-33(38)34(42(55)32-13-10-20-50-40(32)30(4)62-8)25-47(5,6)28-63-45(60)35-14-11-21-57(53-35)44(59)36(24-39-51-37(31)26-64-39)52-43(58)41(29(2)3)54(7)46(61)56-22-18-48(56)17-12-19-49-27-48/h10,13,15-16,20,23,26,29-30,35-36,41,49,53H,9,11-12,14,17-19,21-22,24-25,27-28H2,1-8H3,(H,52,58)/t30-,35-,36-,41-,48+/m0/s1. The average molecular weight is 896 g/mol. The first kappa shape index (κ1) is 45.7. The van der Waals surface area contributed by atoms with Crippen molar-refractivity contribution >= 4 is 46.1 Å². The van der Waals surface area contributed by atoms with Gasteiger partial charge in [0.25, 0.3) is 5.91 Å². The van der Waals surface area contributed by atoms with Gasteiger partial charge in [-0.05, 0) is 94.7 Å². The first-order valence-electron chi connectivity index (χ1n) is 23.0. The molecule has 3 saturated heterocycles. The molecule has 5 atom stereocenters. The Labute approximate surface area is 380 Å². The van der Waals surface area contributed by atoms with Crippen molar-refractivity contribution < 1.29 is 28.7 Å². The molecule has 3 N–H and O–H groups in total. The van der Waals surface area contributed by atoms with Crippen molar-refractivity contribution in [1.82, 2.24) is 45.4 Å². The van der Waals surface area contributed by atoms with Gasteiger partial charge in [0.2, 0.25) is 5.91 Å². The number of benzene rings is 1. The number of aryl methyl sites for hydroxylation is 1. The number of aromatic nitrogens is 3. The molecule has 64 heavy (non-hydrogen) atoms. The molecular weight excluding hydrogens is 831 g/mol. The summed E-state index contributed by atoms with van der Waals surface area (Å²) in [5.41, 5.74) is 9.20. The summed E-state index contributed by atoms with van der Waals surface area (Å²) in [7, 11) is 3.38. The van der Waals surface area contributed by atoms with E-state index in [-0.39, 0.29) is 42.5 Å². The minimum absolute atomic E-state index is 0.116. The molecule has 15 nitrogen and oxygen atoms in total. The third-order valence-electron chi connectivity index (χ3n) is 13.8. The molecule has 1 aromatic carbocycles. The van der Waals surface area contributed by atoms with Crippen LogP contribution >= 0.6 is 11.3 Å². The summed E-state index contributed by atoms with van der Waals surface area (Å²) in [6, 6.07) is 7.68. The Bertz CT molecular complexity index is 2390. The van der Waals surface area contributed by atoms with Gasteiger partial charge in [-0.3, -0.25) is 24.4 Å². The van der Waals surface area contributed by atoms with Crippen molar-refractivity contribution in [3.8, 4) is 22.5 Å². The molecule has 4 aliphatic heterocycles. The molecule has 3 fully saturated rings. The van der Waals surface area contributed by atoms with E-state index in [1.165, 1.54) is 16.3 Å². The fourth-order valence-corrected chi connectivity index (χ4v) is 11.1. The molecular formula is C48H65N9O6S. The monoisotopic (exact) mass is 895 g/mol. The Morgan fingerprint density at radius 2 is 1.94 bits per heavy atom. The van der Waals surface area contributed by atoms with Crippen molar-refractivity contribution in [1.29, 1.82) is 0 Å². The third-order valence-corrected chi connectivity index (χ3v) is 14.7. The van der Waals surface area contributed by atoms with Gasteiger partial charge in [-0.1, -0.05) is 33.8 Å². The van der Waals surface area contributed by atoms with E-state index in [0.29, 0.717) is 43.9 Å². The number of methoxy groups -OCH3 is 1. The van der Waals surface area contributed by atoms with Gasteiger partial charge < -0.3 is 34.5 Å². The van der Waals surface area contributed by atoms with E-state index >= 15 is 0 Å². The van der Waals surface area contributed by atoms with Gasteiger partial charge in [-0.25, -0.2) is 15.2 Å². The number of esters is 1. The van der Waals surface area contributed by atoms with Crippen LogP contribution in [0.2, 0.25) is 0 Å². The predicted molar refractivity (Wildman–Crippen MR) is 247 cm³/mol. The van der Waals surface area contributed by atoms with Crippen LogP contribution in [0.3, 0.4) is 0 Å². The number of likely N-dealkylation sites (N-methyl/N-ethyl adjacent to an activating group) is 1. The first-order valence-corrected chi connectivity index (χ1v) is 23.9. The highest BCUT2D eigenvalue weighted by atomic mass is 32.1. The zero-order valence-corrected chi connectivity index (χ0v) is 39.5. The minimum atomic E-state index is -1.03. The molecule has 0 radical (unpaired) electrons. The van der Waals surface area contributed by atoms with Crippen LogP contribution in [0.4, 0.5) is 4.79 Å². The number of hydrogen-bond donors (Lipinski definition) is 3. The van der Waals surface area contributed by atoms with E-state index < -0.39 is 35.4 Å². The number of rotatable bonds is 8. The zero-order valence-electron chi connectivity index (χ0n) is 38.7. The van der Waals surface area contributed by atoms with Gasteiger partial charge in [0.05, 0.1) is 40.3 Å². The molecule has 1 spiro atoms. The van der Waals surface area contributed by atoms with Gasteiger partial charge in [0, 0.05) is 85.8 Å². The molecule has 4 aromatic rings. The number of likely N-dealkylation sites (tertiary alicyclic amines) is 1. The highest BCUT2D eigenvalue weighted by Crippen LogP contribution is 2.42. The molecule has 4 aliphatic rings. The Morgan fingerprint density at radius 3 is 2.64 bits per heavy atom. The summed E-state index contributed by atoms with van der Waals surface area (Å²) in [4.78, 5) is 70.5. The molecule has 0 unspecified atom stereocenters. The second-order valence-electron chi connectivity index (χ2n) is 19.3. The van der Waals surface area contributed by atoms with Gasteiger partial charge in [0.1, 0.15) is 18.1 Å². The number of pyridine rings is 1. The molecule has 0 saturated carbocycles. The Balaban J connectivity index is 1.16. The van der Waals surface area contributed by atoms with E-state index in [0.717, 1.165) is 77.0 Å². The fourth-order valence-electron chi connectivity index (χ4n) is 10.3. The van der Waals surface area contributed by atoms with Gasteiger partial charge in [0.15, 0.2) is 0 Å². The second-order valence-corrected chi connectivity index (χ2v) is 20.2. The predicted octanol–water partition coefficient (Wildman–Crippen LogP) is 6.11. The quantitative estimate of drug-likeness (QED) is 0.176. The number of hydrogen-bond acceptors (Lipinski definition) is 11. The number of carbonyl (C=O) groups excluding carboxylic acids is 4. The smallest absolute Gasteiger partial charge is 0.324 e. The maximum Gasteiger partial charge on any atom is 0.324 e. The van der Waals surface area contributed by atoms with Gasteiger partial charge in [-0.15, -0.1) is 11.3 Å². The number of hydrazine groups is 1. The van der Waals surface area contributed by atoms with E-state index in [9.17, 15) is 19.2 Å². The largest absolute Gasteiger partial charge is 0.464 e. The number of carbonyl (C=O) groups is 4. The van der Waals surface area contributed by atoms with E-state index in [4.69, 9.17) is 19.4 Å². The van der Waals surface area contributed by atoms with Crippen LogP contribution in [0.5, 0.6) is 0 Å². The Hall–Kier alpha value is -4.90. The molecule has 3 aromatic heterocycles. The third kappa shape index (κ3) is 8.78. The van der Waals surface area contributed by atoms with Crippen molar-refractivity contribution in [3.05, 3.63) is 58.2 Å². The second kappa shape index (κ2) is 18.5. The molecule has 8 rings (SSSR count). The lowest BCUT2D eigenvalue weighted by Crippen LogP contribution is -2.71. The summed E-state index contributed by atoms with van der Waals surface area (Å²) in [6.07, 6.45) is 6.18.